The highest BCUT2D eigenvalue weighted by atomic mass is 32.1. The van der Waals surface area contributed by atoms with Crippen molar-refractivity contribution in [3.05, 3.63) is 40.3 Å². The Morgan fingerprint density at radius 3 is 2.84 bits per heavy atom. The predicted molar refractivity (Wildman–Crippen MR) is 72.0 cm³/mol. The number of oxime groups is 1. The zero-order valence-electron chi connectivity index (χ0n) is 10.2. The largest absolute Gasteiger partial charge is 0.497 e. The molecule has 0 fully saturated rings. The van der Waals surface area contributed by atoms with Gasteiger partial charge in [0.05, 0.1) is 7.11 Å². The molecule has 0 atom stereocenters. The summed E-state index contributed by atoms with van der Waals surface area (Å²) in [7, 11) is 1.54. The van der Waals surface area contributed by atoms with E-state index in [0.717, 1.165) is 5.01 Å². The Morgan fingerprint density at radius 1 is 1.42 bits per heavy atom. The van der Waals surface area contributed by atoms with E-state index >= 15 is 0 Å². The average Bonchev–Trinajstić information content (AvgIpc) is 2.97. The summed E-state index contributed by atoms with van der Waals surface area (Å²) in [4.78, 5) is 4.12. The fraction of sp³-hybridized carbons (Fsp3) is 0.167. The number of hydrogen-bond donors (Lipinski definition) is 2. The van der Waals surface area contributed by atoms with Gasteiger partial charge < -0.3 is 20.4 Å². The van der Waals surface area contributed by atoms with Crippen LogP contribution in [0.3, 0.4) is 0 Å². The van der Waals surface area contributed by atoms with Crippen molar-refractivity contribution in [3.8, 4) is 11.5 Å². The van der Waals surface area contributed by atoms with Gasteiger partial charge in [-0.2, -0.15) is 0 Å². The fourth-order valence-electron chi connectivity index (χ4n) is 1.45. The van der Waals surface area contributed by atoms with Crippen LogP contribution in [-0.2, 0) is 6.61 Å². The van der Waals surface area contributed by atoms with E-state index in [1.165, 1.54) is 18.4 Å². The van der Waals surface area contributed by atoms with Crippen molar-refractivity contribution in [3.63, 3.8) is 0 Å². The fourth-order valence-corrected chi connectivity index (χ4v) is 1.98. The lowest BCUT2D eigenvalue weighted by Gasteiger charge is -2.09. The molecule has 0 saturated heterocycles. The van der Waals surface area contributed by atoms with E-state index in [2.05, 4.69) is 10.1 Å². The third-order valence-electron chi connectivity index (χ3n) is 2.37. The second kappa shape index (κ2) is 6.05. The van der Waals surface area contributed by atoms with E-state index < -0.39 is 0 Å². The van der Waals surface area contributed by atoms with Crippen LogP contribution in [0.2, 0.25) is 0 Å². The van der Waals surface area contributed by atoms with E-state index in [9.17, 15) is 0 Å². The summed E-state index contributed by atoms with van der Waals surface area (Å²) in [5, 5.41) is 14.4. The Bertz CT molecular complexity index is 570. The SMILES string of the molecule is COc1cc(OCc2nccs2)cc(/C(N)=N/O)c1. The number of benzene rings is 1. The summed E-state index contributed by atoms with van der Waals surface area (Å²) in [5.41, 5.74) is 6.08. The maximum absolute atomic E-state index is 8.70. The van der Waals surface area contributed by atoms with E-state index in [0.29, 0.717) is 23.7 Å². The van der Waals surface area contributed by atoms with Crippen LogP contribution in [0.25, 0.3) is 0 Å². The molecule has 0 amide bonds. The van der Waals surface area contributed by atoms with Crippen molar-refractivity contribution in [2.75, 3.05) is 7.11 Å². The molecule has 3 N–H and O–H groups in total. The molecule has 1 aromatic carbocycles. The van der Waals surface area contributed by atoms with Crippen molar-refractivity contribution in [1.82, 2.24) is 4.98 Å². The van der Waals surface area contributed by atoms with E-state index in [1.54, 1.807) is 24.4 Å². The van der Waals surface area contributed by atoms with Crippen molar-refractivity contribution in [2.24, 2.45) is 10.9 Å². The molecule has 2 aromatic rings. The van der Waals surface area contributed by atoms with Gasteiger partial charge in [-0.3, -0.25) is 0 Å². The quantitative estimate of drug-likeness (QED) is 0.377. The van der Waals surface area contributed by atoms with Gasteiger partial charge in [-0.15, -0.1) is 11.3 Å². The second-order valence-corrected chi connectivity index (χ2v) is 4.58. The van der Waals surface area contributed by atoms with Gasteiger partial charge in [0.25, 0.3) is 0 Å². The molecule has 0 radical (unpaired) electrons. The molecule has 0 aliphatic heterocycles. The average molecular weight is 279 g/mol. The predicted octanol–water partition coefficient (Wildman–Crippen LogP) is 1.83. The monoisotopic (exact) mass is 279 g/mol. The number of nitrogens with two attached hydrogens (primary N) is 1. The molecular formula is C12H13N3O3S. The highest BCUT2D eigenvalue weighted by molar-refractivity contribution is 7.09. The molecule has 0 aliphatic carbocycles. The summed E-state index contributed by atoms with van der Waals surface area (Å²) in [6.45, 7) is 0.362. The normalized spacial score (nSPS) is 11.3. The van der Waals surface area contributed by atoms with Crippen LogP contribution in [0.4, 0.5) is 0 Å². The van der Waals surface area contributed by atoms with Crippen LogP contribution < -0.4 is 15.2 Å². The summed E-state index contributed by atoms with van der Waals surface area (Å²) in [6.07, 6.45) is 1.72. The topological polar surface area (TPSA) is 90.0 Å². The van der Waals surface area contributed by atoms with Gasteiger partial charge in [0, 0.05) is 23.2 Å². The van der Waals surface area contributed by atoms with Gasteiger partial charge in [0.15, 0.2) is 5.84 Å². The Kier molecular flexibility index (Phi) is 4.19. The Labute approximate surface area is 114 Å². The van der Waals surface area contributed by atoms with Crippen LogP contribution in [0.1, 0.15) is 10.6 Å². The highest BCUT2D eigenvalue weighted by Gasteiger charge is 2.07. The van der Waals surface area contributed by atoms with Gasteiger partial charge in [0.2, 0.25) is 0 Å². The third-order valence-corrected chi connectivity index (χ3v) is 3.12. The van der Waals surface area contributed by atoms with Crippen LogP contribution >= 0.6 is 11.3 Å². The van der Waals surface area contributed by atoms with Gasteiger partial charge in [0.1, 0.15) is 23.1 Å². The number of nitrogens with zero attached hydrogens (tertiary/aromatic N) is 2. The van der Waals surface area contributed by atoms with Gasteiger partial charge in [-0.1, -0.05) is 5.16 Å². The van der Waals surface area contributed by atoms with Crippen molar-refractivity contribution in [2.45, 2.75) is 6.61 Å². The molecule has 0 aliphatic rings. The summed E-state index contributed by atoms with van der Waals surface area (Å²) in [5.74, 6) is 1.13. The smallest absolute Gasteiger partial charge is 0.170 e. The third kappa shape index (κ3) is 3.35. The minimum atomic E-state index is -0.00185. The number of ether oxygens (including phenoxy) is 2. The Balaban J connectivity index is 2.19. The first kappa shape index (κ1) is 13.2. The lowest BCUT2D eigenvalue weighted by Crippen LogP contribution is -2.13. The first-order valence-electron chi connectivity index (χ1n) is 5.41. The zero-order chi connectivity index (χ0) is 13.7. The lowest BCUT2D eigenvalue weighted by molar-refractivity contribution is 0.302. The molecule has 0 bridgehead atoms. The summed E-state index contributed by atoms with van der Waals surface area (Å²) in [6, 6.07) is 5.05. The molecule has 7 heteroatoms. The number of methoxy groups -OCH3 is 1. The number of thiazole rings is 1. The molecule has 100 valence electrons. The van der Waals surface area contributed by atoms with Crippen LogP contribution in [-0.4, -0.2) is 23.1 Å². The standard InChI is InChI=1S/C12H13N3O3S/c1-17-9-4-8(12(13)15-16)5-10(6-9)18-7-11-14-2-3-19-11/h2-6,16H,7H2,1H3,(H2,13,15). The van der Waals surface area contributed by atoms with Crippen LogP contribution in [0.15, 0.2) is 34.9 Å². The van der Waals surface area contributed by atoms with E-state index in [-0.39, 0.29) is 5.84 Å². The molecule has 0 unspecified atom stereocenters. The molecule has 0 saturated carbocycles. The van der Waals surface area contributed by atoms with Crippen molar-refractivity contribution < 1.29 is 14.7 Å². The number of aromatic nitrogens is 1. The molecule has 0 spiro atoms. The molecule has 19 heavy (non-hydrogen) atoms. The van der Waals surface area contributed by atoms with Crippen LogP contribution in [0.5, 0.6) is 11.5 Å². The highest BCUT2D eigenvalue weighted by Crippen LogP contribution is 2.23. The lowest BCUT2D eigenvalue weighted by atomic mass is 10.2. The molecular weight excluding hydrogens is 266 g/mol. The first-order valence-corrected chi connectivity index (χ1v) is 6.29. The van der Waals surface area contributed by atoms with Gasteiger partial charge >= 0.3 is 0 Å². The van der Waals surface area contributed by atoms with Crippen molar-refractivity contribution >= 4 is 17.2 Å². The van der Waals surface area contributed by atoms with Gasteiger partial charge in [-0.05, 0) is 12.1 Å². The van der Waals surface area contributed by atoms with E-state index in [4.69, 9.17) is 20.4 Å². The second-order valence-electron chi connectivity index (χ2n) is 3.60. The van der Waals surface area contributed by atoms with Gasteiger partial charge in [-0.25, -0.2) is 4.98 Å². The number of rotatable bonds is 5. The maximum atomic E-state index is 8.70. The minimum Gasteiger partial charge on any atom is -0.497 e. The van der Waals surface area contributed by atoms with E-state index in [1.807, 2.05) is 5.38 Å². The van der Waals surface area contributed by atoms with Crippen molar-refractivity contribution in [1.29, 1.82) is 0 Å². The summed E-state index contributed by atoms with van der Waals surface area (Å²) >= 11 is 1.51. The molecule has 6 nitrogen and oxygen atoms in total. The number of hydrogen-bond acceptors (Lipinski definition) is 6. The first-order chi connectivity index (χ1) is 9.22. The zero-order valence-corrected chi connectivity index (χ0v) is 11.1. The maximum Gasteiger partial charge on any atom is 0.170 e. The Morgan fingerprint density at radius 2 is 2.21 bits per heavy atom. The summed E-state index contributed by atoms with van der Waals surface area (Å²) < 4.78 is 10.7. The molecule has 2 rings (SSSR count). The molecule has 1 heterocycles. The minimum absolute atomic E-state index is 0.00185. The number of amidine groups is 1. The Hall–Kier alpha value is -2.28. The molecule has 1 aromatic heterocycles. The van der Waals surface area contributed by atoms with Crippen LogP contribution in [0, 0.1) is 0 Å².